The molecule has 0 atom stereocenters. The molecule has 6 heteroatoms. The van der Waals surface area contributed by atoms with Crippen LogP contribution in [0.2, 0.25) is 0 Å². The zero-order valence-corrected chi connectivity index (χ0v) is 15.7. The summed E-state index contributed by atoms with van der Waals surface area (Å²) in [5.74, 6) is 0.272. The molecule has 0 aliphatic rings. The number of amides is 2. The Morgan fingerprint density at radius 1 is 1.00 bits per heavy atom. The molecule has 132 valence electrons. The van der Waals surface area contributed by atoms with E-state index in [-0.39, 0.29) is 11.8 Å². The highest BCUT2D eigenvalue weighted by Gasteiger charge is 2.09. The van der Waals surface area contributed by atoms with E-state index in [0.717, 1.165) is 10.0 Å². The number of halogens is 1. The summed E-state index contributed by atoms with van der Waals surface area (Å²) >= 11 is 3.42. The van der Waals surface area contributed by atoms with Crippen LogP contribution in [0.15, 0.2) is 69.8 Å². The highest BCUT2D eigenvalue weighted by molar-refractivity contribution is 9.10. The second-order valence-electron chi connectivity index (χ2n) is 5.76. The van der Waals surface area contributed by atoms with E-state index in [2.05, 4.69) is 26.6 Å². The van der Waals surface area contributed by atoms with Crippen molar-refractivity contribution >= 4 is 33.4 Å². The maximum Gasteiger partial charge on any atom is 0.255 e. The van der Waals surface area contributed by atoms with E-state index >= 15 is 0 Å². The Morgan fingerprint density at radius 3 is 2.38 bits per heavy atom. The van der Waals surface area contributed by atoms with Gasteiger partial charge >= 0.3 is 0 Å². The Bertz CT molecular complexity index is 919. The molecule has 3 rings (SSSR count). The SMILES string of the molecule is Cc1ccc(C(=O)Nc2ccc(C(=O)NCc3ccco3)cc2)cc1Br. The number of hydrogen-bond acceptors (Lipinski definition) is 3. The van der Waals surface area contributed by atoms with Gasteiger partial charge in [-0.05, 0) is 61.0 Å². The van der Waals surface area contributed by atoms with Gasteiger partial charge in [0.1, 0.15) is 5.76 Å². The molecule has 5 nitrogen and oxygen atoms in total. The van der Waals surface area contributed by atoms with Gasteiger partial charge in [-0.25, -0.2) is 0 Å². The topological polar surface area (TPSA) is 71.3 Å². The lowest BCUT2D eigenvalue weighted by Crippen LogP contribution is -2.22. The molecule has 2 N–H and O–H groups in total. The van der Waals surface area contributed by atoms with E-state index in [4.69, 9.17) is 4.42 Å². The lowest BCUT2D eigenvalue weighted by molar-refractivity contribution is 0.0947. The number of aryl methyl sites for hydroxylation is 1. The summed E-state index contributed by atoms with van der Waals surface area (Å²) < 4.78 is 6.06. The highest BCUT2D eigenvalue weighted by atomic mass is 79.9. The van der Waals surface area contributed by atoms with Crippen molar-refractivity contribution in [3.63, 3.8) is 0 Å². The first kappa shape index (κ1) is 17.9. The van der Waals surface area contributed by atoms with Crippen LogP contribution >= 0.6 is 15.9 Å². The van der Waals surface area contributed by atoms with Gasteiger partial charge in [-0.3, -0.25) is 9.59 Å². The molecule has 0 radical (unpaired) electrons. The first-order valence-electron chi connectivity index (χ1n) is 8.01. The largest absolute Gasteiger partial charge is 0.467 e. The third-order valence-corrected chi connectivity index (χ3v) is 4.70. The minimum absolute atomic E-state index is 0.207. The number of anilines is 1. The average Bonchev–Trinajstić information content (AvgIpc) is 3.16. The Morgan fingerprint density at radius 2 is 1.73 bits per heavy atom. The van der Waals surface area contributed by atoms with Gasteiger partial charge in [0.2, 0.25) is 0 Å². The van der Waals surface area contributed by atoms with Gasteiger partial charge in [0, 0.05) is 21.3 Å². The number of rotatable bonds is 5. The number of carbonyl (C=O) groups is 2. The zero-order valence-electron chi connectivity index (χ0n) is 14.1. The van der Waals surface area contributed by atoms with Gasteiger partial charge in [0.15, 0.2) is 0 Å². The van der Waals surface area contributed by atoms with Crippen molar-refractivity contribution in [2.24, 2.45) is 0 Å². The summed E-state index contributed by atoms with van der Waals surface area (Å²) in [5, 5.41) is 5.59. The highest BCUT2D eigenvalue weighted by Crippen LogP contribution is 2.19. The third-order valence-electron chi connectivity index (χ3n) is 3.84. The van der Waals surface area contributed by atoms with Gasteiger partial charge in [-0.15, -0.1) is 0 Å². The lowest BCUT2D eigenvalue weighted by atomic mass is 10.1. The minimum atomic E-state index is -0.208. The van der Waals surface area contributed by atoms with Crippen LogP contribution < -0.4 is 10.6 Å². The molecule has 1 heterocycles. The van der Waals surface area contributed by atoms with Crippen LogP contribution in [0.1, 0.15) is 32.0 Å². The summed E-state index contributed by atoms with van der Waals surface area (Å²) in [6.07, 6.45) is 1.56. The monoisotopic (exact) mass is 412 g/mol. The Hall–Kier alpha value is -2.86. The summed E-state index contributed by atoms with van der Waals surface area (Å²) in [7, 11) is 0. The quantitative estimate of drug-likeness (QED) is 0.646. The van der Waals surface area contributed by atoms with Crippen molar-refractivity contribution in [3.05, 3.63) is 87.8 Å². The smallest absolute Gasteiger partial charge is 0.255 e. The maximum atomic E-state index is 12.3. The summed E-state index contributed by atoms with van der Waals surface area (Å²) in [6, 6.07) is 15.7. The summed E-state index contributed by atoms with van der Waals surface area (Å²) in [6.45, 7) is 2.29. The van der Waals surface area contributed by atoms with Crippen molar-refractivity contribution in [3.8, 4) is 0 Å². The average molecular weight is 413 g/mol. The van der Waals surface area contributed by atoms with Gasteiger partial charge in [0.25, 0.3) is 11.8 Å². The number of furan rings is 1. The molecule has 0 aliphatic heterocycles. The van der Waals surface area contributed by atoms with Gasteiger partial charge in [-0.2, -0.15) is 0 Å². The molecular formula is C20H17BrN2O3. The molecule has 0 spiro atoms. The molecule has 0 unspecified atom stereocenters. The number of hydrogen-bond donors (Lipinski definition) is 2. The first-order valence-corrected chi connectivity index (χ1v) is 8.80. The molecule has 0 saturated heterocycles. The molecule has 0 saturated carbocycles. The normalized spacial score (nSPS) is 10.4. The standard InChI is InChI=1S/C20H17BrN2O3/c1-13-4-5-15(11-18(13)21)20(25)23-16-8-6-14(7-9-16)19(24)22-12-17-3-2-10-26-17/h2-11H,12H2,1H3,(H,22,24)(H,23,25). The predicted molar refractivity (Wildman–Crippen MR) is 103 cm³/mol. The molecule has 3 aromatic rings. The minimum Gasteiger partial charge on any atom is -0.467 e. The first-order chi connectivity index (χ1) is 12.5. The molecular weight excluding hydrogens is 396 g/mol. The fraction of sp³-hybridized carbons (Fsp3) is 0.100. The van der Waals surface area contributed by atoms with Crippen LogP contribution in [0, 0.1) is 6.92 Å². The van der Waals surface area contributed by atoms with Gasteiger partial charge in [-0.1, -0.05) is 22.0 Å². The number of nitrogens with one attached hydrogen (secondary N) is 2. The van der Waals surface area contributed by atoms with Crippen LogP contribution in [0.3, 0.4) is 0 Å². The molecule has 0 aliphatic carbocycles. The van der Waals surface area contributed by atoms with E-state index in [1.54, 1.807) is 54.8 Å². The second-order valence-corrected chi connectivity index (χ2v) is 6.61. The van der Waals surface area contributed by atoms with E-state index < -0.39 is 0 Å². The van der Waals surface area contributed by atoms with Crippen LogP contribution in [0.25, 0.3) is 0 Å². The van der Waals surface area contributed by atoms with Crippen molar-refractivity contribution < 1.29 is 14.0 Å². The predicted octanol–water partition coefficient (Wildman–Crippen LogP) is 4.53. The Labute approximate surface area is 159 Å². The number of carbonyl (C=O) groups excluding carboxylic acids is 2. The fourth-order valence-corrected chi connectivity index (χ4v) is 2.70. The molecule has 1 aromatic heterocycles. The lowest BCUT2D eigenvalue weighted by Gasteiger charge is -2.08. The van der Waals surface area contributed by atoms with Crippen LogP contribution in [-0.4, -0.2) is 11.8 Å². The van der Waals surface area contributed by atoms with Crippen LogP contribution in [-0.2, 0) is 6.54 Å². The number of benzene rings is 2. The molecule has 26 heavy (non-hydrogen) atoms. The molecule has 2 amide bonds. The van der Waals surface area contributed by atoms with E-state index in [9.17, 15) is 9.59 Å². The van der Waals surface area contributed by atoms with Crippen LogP contribution in [0.5, 0.6) is 0 Å². The molecule has 0 bridgehead atoms. The molecule has 2 aromatic carbocycles. The van der Waals surface area contributed by atoms with Gasteiger partial charge < -0.3 is 15.1 Å². The van der Waals surface area contributed by atoms with Crippen molar-refractivity contribution in [2.45, 2.75) is 13.5 Å². The van der Waals surface area contributed by atoms with Crippen molar-refractivity contribution in [1.82, 2.24) is 5.32 Å². The Kier molecular flexibility index (Phi) is 5.53. The van der Waals surface area contributed by atoms with E-state index in [0.29, 0.717) is 29.1 Å². The summed E-state index contributed by atoms with van der Waals surface area (Å²) in [5.41, 5.74) is 2.75. The zero-order chi connectivity index (χ0) is 18.5. The summed E-state index contributed by atoms with van der Waals surface area (Å²) in [4.78, 5) is 24.4. The fourth-order valence-electron chi connectivity index (χ4n) is 2.32. The molecule has 0 fully saturated rings. The van der Waals surface area contributed by atoms with Crippen LogP contribution in [0.4, 0.5) is 5.69 Å². The third kappa shape index (κ3) is 4.40. The van der Waals surface area contributed by atoms with E-state index in [1.807, 2.05) is 13.0 Å². The van der Waals surface area contributed by atoms with Crippen molar-refractivity contribution in [2.75, 3.05) is 5.32 Å². The maximum absolute atomic E-state index is 12.3. The second kappa shape index (κ2) is 8.01. The van der Waals surface area contributed by atoms with Gasteiger partial charge in [0.05, 0.1) is 12.8 Å². The van der Waals surface area contributed by atoms with Crippen molar-refractivity contribution in [1.29, 1.82) is 0 Å². The Balaban J connectivity index is 1.60. The van der Waals surface area contributed by atoms with E-state index in [1.165, 1.54) is 0 Å².